The molecule has 0 radical (unpaired) electrons. The van der Waals surface area contributed by atoms with Crippen LogP contribution in [0.4, 0.5) is 0 Å². The number of nitrogens with zero attached hydrogens (tertiary/aromatic N) is 2. The molecule has 3 nitrogen and oxygen atoms in total. The second kappa shape index (κ2) is 8.16. The maximum atomic E-state index is 8.84. The fourth-order valence-electron chi connectivity index (χ4n) is 1.89. The van der Waals surface area contributed by atoms with E-state index >= 15 is 0 Å². The highest BCUT2D eigenvalue weighted by molar-refractivity contribution is 6.31. The Hall–Kier alpha value is -1.08. The average Bonchev–Trinajstić information content (AvgIpc) is 2.43. The van der Waals surface area contributed by atoms with E-state index < -0.39 is 0 Å². The van der Waals surface area contributed by atoms with Crippen LogP contribution in [0, 0.1) is 11.3 Å². The van der Waals surface area contributed by atoms with Crippen LogP contribution >= 0.6 is 11.6 Å². The molecule has 0 bridgehead atoms. The van der Waals surface area contributed by atoms with Crippen LogP contribution < -0.4 is 0 Å². The molecule has 0 aliphatic carbocycles. The highest BCUT2D eigenvalue weighted by Crippen LogP contribution is 2.20. The molecule has 0 spiro atoms. The summed E-state index contributed by atoms with van der Waals surface area (Å²) in [5.74, 6) is 0. The highest BCUT2D eigenvalue weighted by atomic mass is 35.5. The number of benzene rings is 1. The van der Waals surface area contributed by atoms with E-state index in [0.29, 0.717) is 23.2 Å². The summed E-state index contributed by atoms with van der Waals surface area (Å²) in [4.78, 5) is 2.34. The summed E-state index contributed by atoms with van der Waals surface area (Å²) >= 11 is 6.23. The van der Waals surface area contributed by atoms with E-state index in [0.717, 1.165) is 25.1 Å². The molecule has 104 valence electrons. The van der Waals surface area contributed by atoms with Gasteiger partial charge in [-0.15, -0.1) is 0 Å². The van der Waals surface area contributed by atoms with Gasteiger partial charge in [0.2, 0.25) is 0 Å². The third-order valence-corrected chi connectivity index (χ3v) is 3.70. The highest BCUT2D eigenvalue weighted by Gasteiger charge is 2.14. The van der Waals surface area contributed by atoms with E-state index in [-0.39, 0.29) is 0 Å². The number of nitriles is 1. The van der Waals surface area contributed by atoms with E-state index in [1.54, 1.807) is 13.2 Å². The number of methoxy groups -OCH3 is 1. The molecule has 0 amide bonds. The van der Waals surface area contributed by atoms with Gasteiger partial charge < -0.3 is 4.74 Å². The van der Waals surface area contributed by atoms with Crippen LogP contribution in [0.25, 0.3) is 0 Å². The molecule has 0 saturated carbocycles. The van der Waals surface area contributed by atoms with Crippen LogP contribution in [0.5, 0.6) is 0 Å². The van der Waals surface area contributed by atoms with Crippen molar-refractivity contribution in [3.63, 3.8) is 0 Å². The topological polar surface area (TPSA) is 36.3 Å². The van der Waals surface area contributed by atoms with E-state index in [9.17, 15) is 0 Å². The minimum absolute atomic E-state index is 0.474. The summed E-state index contributed by atoms with van der Waals surface area (Å²) in [6, 6.07) is 8.04. The first-order valence-corrected chi connectivity index (χ1v) is 6.91. The molecule has 1 rings (SSSR count). The lowest BCUT2D eigenvalue weighted by Crippen LogP contribution is -2.34. The molecular formula is C15H21ClN2O. The molecule has 0 heterocycles. The van der Waals surface area contributed by atoms with Crippen molar-refractivity contribution in [2.24, 2.45) is 0 Å². The second-order valence-corrected chi connectivity index (χ2v) is 5.05. The first kappa shape index (κ1) is 16.0. The van der Waals surface area contributed by atoms with Gasteiger partial charge >= 0.3 is 0 Å². The van der Waals surface area contributed by atoms with Crippen molar-refractivity contribution in [1.82, 2.24) is 4.90 Å². The standard InChI is InChI=1S/C15H21ClN2O/c1-4-12(2)18(7-8-19-3)11-14-6-5-13(10-17)9-15(14)16/h5-6,9,12H,4,7-8,11H2,1-3H3. The van der Waals surface area contributed by atoms with E-state index in [4.69, 9.17) is 21.6 Å². The predicted octanol–water partition coefficient (Wildman–Crippen LogP) is 3.46. The number of halogens is 1. The van der Waals surface area contributed by atoms with Gasteiger partial charge in [-0.05, 0) is 31.0 Å². The molecule has 0 aliphatic rings. The van der Waals surface area contributed by atoms with E-state index in [1.807, 2.05) is 12.1 Å². The summed E-state index contributed by atoms with van der Waals surface area (Å²) in [6.45, 7) is 6.74. The molecule has 4 heteroatoms. The largest absolute Gasteiger partial charge is 0.383 e. The zero-order valence-corrected chi connectivity index (χ0v) is 12.6. The first-order valence-electron chi connectivity index (χ1n) is 6.53. The van der Waals surface area contributed by atoms with Crippen molar-refractivity contribution in [3.8, 4) is 6.07 Å². The predicted molar refractivity (Wildman–Crippen MR) is 78.2 cm³/mol. The maximum absolute atomic E-state index is 8.84. The van der Waals surface area contributed by atoms with Gasteiger partial charge in [-0.25, -0.2) is 0 Å². The zero-order chi connectivity index (χ0) is 14.3. The molecule has 0 aliphatic heterocycles. The summed E-state index contributed by atoms with van der Waals surface area (Å²) in [5, 5.41) is 9.50. The Labute approximate surface area is 120 Å². The normalized spacial score (nSPS) is 12.4. The van der Waals surface area contributed by atoms with Crippen LogP contribution in [0.2, 0.25) is 5.02 Å². The third-order valence-electron chi connectivity index (χ3n) is 3.35. The van der Waals surface area contributed by atoms with Crippen molar-refractivity contribution >= 4 is 11.6 Å². The Bertz CT molecular complexity index is 442. The maximum Gasteiger partial charge on any atom is 0.0992 e. The van der Waals surface area contributed by atoms with Gasteiger partial charge in [0.15, 0.2) is 0 Å². The van der Waals surface area contributed by atoms with Crippen LogP contribution in [-0.2, 0) is 11.3 Å². The minimum atomic E-state index is 0.474. The summed E-state index contributed by atoms with van der Waals surface area (Å²) in [7, 11) is 1.71. The van der Waals surface area contributed by atoms with Crippen molar-refractivity contribution < 1.29 is 4.74 Å². The third kappa shape index (κ3) is 4.83. The quantitative estimate of drug-likeness (QED) is 0.767. The van der Waals surface area contributed by atoms with Gasteiger partial charge in [0.1, 0.15) is 0 Å². The SMILES string of the molecule is CCC(C)N(CCOC)Cc1ccc(C#N)cc1Cl. The number of rotatable bonds is 7. The fraction of sp³-hybridized carbons (Fsp3) is 0.533. The molecule has 1 aromatic carbocycles. The second-order valence-electron chi connectivity index (χ2n) is 4.64. The molecule has 0 N–H and O–H groups in total. The Balaban J connectivity index is 2.81. The fourth-order valence-corrected chi connectivity index (χ4v) is 2.13. The number of hydrogen-bond acceptors (Lipinski definition) is 3. The van der Waals surface area contributed by atoms with E-state index in [2.05, 4.69) is 24.8 Å². The zero-order valence-electron chi connectivity index (χ0n) is 11.8. The number of hydrogen-bond donors (Lipinski definition) is 0. The van der Waals surface area contributed by atoms with Gasteiger partial charge in [-0.3, -0.25) is 4.90 Å². The van der Waals surface area contributed by atoms with Crippen molar-refractivity contribution in [2.75, 3.05) is 20.3 Å². The van der Waals surface area contributed by atoms with E-state index in [1.165, 1.54) is 0 Å². The van der Waals surface area contributed by atoms with Gasteiger partial charge in [0, 0.05) is 31.3 Å². The lowest BCUT2D eigenvalue weighted by molar-refractivity contribution is 0.118. The first-order chi connectivity index (χ1) is 9.12. The molecule has 1 atom stereocenters. The molecule has 0 aromatic heterocycles. The van der Waals surface area contributed by atoms with Crippen LogP contribution in [0.3, 0.4) is 0 Å². The Morgan fingerprint density at radius 1 is 1.47 bits per heavy atom. The van der Waals surface area contributed by atoms with Crippen LogP contribution in [0.1, 0.15) is 31.4 Å². The van der Waals surface area contributed by atoms with Crippen LogP contribution in [0.15, 0.2) is 18.2 Å². The summed E-state index contributed by atoms with van der Waals surface area (Å²) < 4.78 is 5.15. The Morgan fingerprint density at radius 2 is 2.21 bits per heavy atom. The van der Waals surface area contributed by atoms with Gasteiger partial charge in [0.25, 0.3) is 0 Å². The minimum Gasteiger partial charge on any atom is -0.383 e. The van der Waals surface area contributed by atoms with Crippen molar-refractivity contribution in [2.45, 2.75) is 32.9 Å². The Morgan fingerprint density at radius 3 is 2.74 bits per heavy atom. The average molecular weight is 281 g/mol. The van der Waals surface area contributed by atoms with Gasteiger partial charge in [-0.2, -0.15) is 5.26 Å². The van der Waals surface area contributed by atoms with Crippen molar-refractivity contribution in [3.05, 3.63) is 34.3 Å². The van der Waals surface area contributed by atoms with Crippen molar-refractivity contribution in [1.29, 1.82) is 5.26 Å². The number of ether oxygens (including phenoxy) is 1. The Kier molecular flexibility index (Phi) is 6.86. The van der Waals surface area contributed by atoms with Crippen LogP contribution in [-0.4, -0.2) is 31.2 Å². The molecule has 1 aromatic rings. The lowest BCUT2D eigenvalue weighted by atomic mass is 10.1. The molecule has 1 unspecified atom stereocenters. The lowest BCUT2D eigenvalue weighted by Gasteiger charge is -2.28. The van der Waals surface area contributed by atoms with Gasteiger partial charge in [-0.1, -0.05) is 24.6 Å². The molecule has 19 heavy (non-hydrogen) atoms. The molecular weight excluding hydrogens is 260 g/mol. The monoisotopic (exact) mass is 280 g/mol. The van der Waals surface area contributed by atoms with Gasteiger partial charge in [0.05, 0.1) is 18.2 Å². The smallest absolute Gasteiger partial charge is 0.0992 e. The summed E-state index contributed by atoms with van der Waals surface area (Å²) in [6.07, 6.45) is 1.08. The molecule has 0 fully saturated rings. The summed E-state index contributed by atoms with van der Waals surface area (Å²) in [5.41, 5.74) is 1.65. The molecule has 0 saturated heterocycles.